The van der Waals surface area contributed by atoms with Gasteiger partial charge in [-0.2, -0.15) is 0 Å². The van der Waals surface area contributed by atoms with Crippen molar-refractivity contribution < 1.29 is 4.74 Å². The average Bonchev–Trinajstić information content (AvgIpc) is 3.20. The van der Waals surface area contributed by atoms with Crippen LogP contribution in [-0.2, 0) is 11.3 Å². The van der Waals surface area contributed by atoms with Crippen LogP contribution in [0.15, 0.2) is 18.3 Å². The summed E-state index contributed by atoms with van der Waals surface area (Å²) in [4.78, 5) is 6.58. The third-order valence-corrected chi connectivity index (χ3v) is 3.41. The van der Waals surface area contributed by atoms with E-state index in [1.165, 1.54) is 18.4 Å². The number of hydrogen-bond donors (Lipinski definition) is 1. The largest absolute Gasteiger partial charge is 0.383 e. The second kappa shape index (κ2) is 6.16. The normalized spacial score (nSPS) is 16.6. The molecule has 0 aliphatic heterocycles. The third kappa shape index (κ3) is 3.68. The Morgan fingerprint density at radius 1 is 1.56 bits per heavy atom. The van der Waals surface area contributed by atoms with E-state index in [1.807, 2.05) is 6.20 Å². The molecule has 1 aliphatic carbocycles. The van der Waals surface area contributed by atoms with Gasteiger partial charge in [-0.1, -0.05) is 0 Å². The lowest BCUT2D eigenvalue weighted by Gasteiger charge is -2.25. The zero-order chi connectivity index (χ0) is 13.0. The molecule has 0 spiro atoms. The molecule has 1 aromatic heterocycles. The van der Waals surface area contributed by atoms with Crippen LogP contribution in [0.3, 0.4) is 0 Å². The average molecular weight is 249 g/mol. The summed E-state index contributed by atoms with van der Waals surface area (Å²) < 4.78 is 5.18. The molecule has 0 aromatic carbocycles. The second-order valence-corrected chi connectivity index (χ2v) is 5.09. The summed E-state index contributed by atoms with van der Waals surface area (Å²) >= 11 is 0. The molecule has 1 N–H and O–H groups in total. The highest BCUT2D eigenvalue weighted by Gasteiger charge is 2.20. The zero-order valence-electron chi connectivity index (χ0n) is 11.5. The fraction of sp³-hybridized carbons (Fsp3) is 0.643. The molecule has 1 fully saturated rings. The monoisotopic (exact) mass is 249 g/mol. The van der Waals surface area contributed by atoms with Gasteiger partial charge in [-0.25, -0.2) is 4.98 Å². The van der Waals surface area contributed by atoms with Gasteiger partial charge >= 0.3 is 0 Å². The standard InChI is InChI=1S/C14H23N3O/c1-11(10-18-3)17(2)14-8-12(6-7-15-14)9-16-13-4-5-13/h6-8,11,13,16H,4-5,9-10H2,1-3H3. The highest BCUT2D eigenvalue weighted by molar-refractivity contribution is 5.41. The van der Waals surface area contributed by atoms with Crippen LogP contribution in [0.4, 0.5) is 5.82 Å². The lowest BCUT2D eigenvalue weighted by molar-refractivity contribution is 0.183. The van der Waals surface area contributed by atoms with Crippen LogP contribution in [0, 0.1) is 0 Å². The van der Waals surface area contributed by atoms with Crippen LogP contribution in [0.2, 0.25) is 0 Å². The second-order valence-electron chi connectivity index (χ2n) is 5.09. The van der Waals surface area contributed by atoms with E-state index in [-0.39, 0.29) is 0 Å². The Kier molecular flexibility index (Phi) is 4.55. The third-order valence-electron chi connectivity index (χ3n) is 3.41. The van der Waals surface area contributed by atoms with Crippen LogP contribution >= 0.6 is 0 Å². The number of pyridine rings is 1. The van der Waals surface area contributed by atoms with E-state index in [0.29, 0.717) is 12.6 Å². The maximum Gasteiger partial charge on any atom is 0.128 e. The Labute approximate surface area is 109 Å². The van der Waals surface area contributed by atoms with Gasteiger partial charge in [0, 0.05) is 32.9 Å². The first-order valence-electron chi connectivity index (χ1n) is 6.60. The molecule has 0 saturated heterocycles. The van der Waals surface area contributed by atoms with Crippen LogP contribution < -0.4 is 10.2 Å². The summed E-state index contributed by atoms with van der Waals surface area (Å²) in [5, 5.41) is 3.52. The van der Waals surface area contributed by atoms with Gasteiger partial charge in [0.15, 0.2) is 0 Å². The van der Waals surface area contributed by atoms with Crippen molar-refractivity contribution >= 4 is 5.82 Å². The van der Waals surface area contributed by atoms with Crippen molar-refractivity contribution in [3.8, 4) is 0 Å². The van der Waals surface area contributed by atoms with E-state index in [0.717, 1.165) is 18.4 Å². The number of anilines is 1. The van der Waals surface area contributed by atoms with Gasteiger partial charge in [-0.15, -0.1) is 0 Å². The summed E-state index contributed by atoms with van der Waals surface area (Å²) in [6.45, 7) is 3.79. The molecule has 100 valence electrons. The summed E-state index contributed by atoms with van der Waals surface area (Å²) in [5.41, 5.74) is 1.29. The molecule has 18 heavy (non-hydrogen) atoms. The first-order chi connectivity index (χ1) is 8.70. The maximum absolute atomic E-state index is 5.18. The number of likely N-dealkylation sites (N-methyl/N-ethyl adjacent to an activating group) is 1. The number of methoxy groups -OCH3 is 1. The predicted molar refractivity (Wildman–Crippen MR) is 73.8 cm³/mol. The molecule has 0 bridgehead atoms. The first kappa shape index (κ1) is 13.3. The molecular formula is C14H23N3O. The zero-order valence-corrected chi connectivity index (χ0v) is 11.5. The van der Waals surface area contributed by atoms with Crippen molar-refractivity contribution in [2.45, 2.75) is 38.4 Å². The van der Waals surface area contributed by atoms with Crippen molar-refractivity contribution in [2.24, 2.45) is 0 Å². The minimum atomic E-state index is 0.328. The summed E-state index contributed by atoms with van der Waals surface area (Å²) in [6.07, 6.45) is 4.53. The molecule has 4 heteroatoms. The van der Waals surface area contributed by atoms with E-state index in [4.69, 9.17) is 4.74 Å². The van der Waals surface area contributed by atoms with Gasteiger partial charge in [0.2, 0.25) is 0 Å². The van der Waals surface area contributed by atoms with Gasteiger partial charge < -0.3 is 15.0 Å². The first-order valence-corrected chi connectivity index (χ1v) is 6.60. The Morgan fingerprint density at radius 3 is 3.00 bits per heavy atom. The van der Waals surface area contributed by atoms with E-state index in [9.17, 15) is 0 Å². The van der Waals surface area contributed by atoms with E-state index < -0.39 is 0 Å². The number of nitrogens with zero attached hydrogens (tertiary/aromatic N) is 2. The SMILES string of the molecule is COCC(C)N(C)c1cc(CNC2CC2)ccn1. The molecule has 1 heterocycles. The molecule has 0 amide bonds. The fourth-order valence-electron chi connectivity index (χ4n) is 1.89. The number of hydrogen-bond acceptors (Lipinski definition) is 4. The van der Waals surface area contributed by atoms with Crippen molar-refractivity contribution in [2.75, 3.05) is 25.7 Å². The minimum Gasteiger partial charge on any atom is -0.383 e. The predicted octanol–water partition coefficient (Wildman–Crippen LogP) is 1.80. The Bertz CT molecular complexity index is 379. The lowest BCUT2D eigenvalue weighted by atomic mass is 10.2. The number of aromatic nitrogens is 1. The van der Waals surface area contributed by atoms with Crippen molar-refractivity contribution in [3.63, 3.8) is 0 Å². The Morgan fingerprint density at radius 2 is 2.33 bits per heavy atom. The van der Waals surface area contributed by atoms with Crippen LogP contribution in [0.5, 0.6) is 0 Å². The molecule has 4 nitrogen and oxygen atoms in total. The highest BCUT2D eigenvalue weighted by Crippen LogP contribution is 2.20. The maximum atomic E-state index is 5.18. The Balaban J connectivity index is 1.96. The highest BCUT2D eigenvalue weighted by atomic mass is 16.5. The van der Waals surface area contributed by atoms with Gasteiger partial charge in [0.05, 0.1) is 12.6 Å². The molecule has 1 aliphatic rings. The summed E-state index contributed by atoms with van der Waals surface area (Å²) in [7, 11) is 3.79. The van der Waals surface area contributed by atoms with Gasteiger partial charge in [0.25, 0.3) is 0 Å². The molecule has 1 unspecified atom stereocenters. The van der Waals surface area contributed by atoms with Crippen molar-refractivity contribution in [1.82, 2.24) is 10.3 Å². The summed E-state index contributed by atoms with van der Waals surface area (Å²) in [6, 6.07) is 5.30. The minimum absolute atomic E-state index is 0.328. The number of rotatable bonds is 7. The molecule has 2 rings (SSSR count). The Hall–Kier alpha value is -1.13. The van der Waals surface area contributed by atoms with Gasteiger partial charge in [0.1, 0.15) is 5.82 Å². The topological polar surface area (TPSA) is 37.4 Å². The van der Waals surface area contributed by atoms with Crippen LogP contribution in [0.25, 0.3) is 0 Å². The molecule has 1 aromatic rings. The van der Waals surface area contributed by atoms with Crippen LogP contribution in [0.1, 0.15) is 25.3 Å². The van der Waals surface area contributed by atoms with E-state index in [1.54, 1.807) is 7.11 Å². The van der Waals surface area contributed by atoms with Gasteiger partial charge in [-0.05, 0) is 37.5 Å². The smallest absolute Gasteiger partial charge is 0.128 e. The van der Waals surface area contributed by atoms with E-state index in [2.05, 4.69) is 41.3 Å². The quantitative estimate of drug-likeness (QED) is 0.799. The molecular weight excluding hydrogens is 226 g/mol. The summed E-state index contributed by atoms with van der Waals surface area (Å²) in [5.74, 6) is 1.01. The number of ether oxygens (including phenoxy) is 1. The number of nitrogens with one attached hydrogen (secondary N) is 1. The van der Waals surface area contributed by atoms with Crippen LogP contribution in [-0.4, -0.2) is 37.8 Å². The lowest BCUT2D eigenvalue weighted by Crippen LogP contribution is -2.33. The van der Waals surface area contributed by atoms with Crippen molar-refractivity contribution in [1.29, 1.82) is 0 Å². The molecule has 1 atom stereocenters. The molecule has 0 radical (unpaired) electrons. The fourth-order valence-corrected chi connectivity index (χ4v) is 1.89. The van der Waals surface area contributed by atoms with Gasteiger partial charge in [-0.3, -0.25) is 0 Å². The molecule has 1 saturated carbocycles. The van der Waals surface area contributed by atoms with E-state index >= 15 is 0 Å². The van der Waals surface area contributed by atoms with Crippen molar-refractivity contribution in [3.05, 3.63) is 23.9 Å².